The first kappa shape index (κ1) is 15.2. The summed E-state index contributed by atoms with van der Waals surface area (Å²) in [7, 11) is 0. The van der Waals surface area contributed by atoms with Gasteiger partial charge in [0.15, 0.2) is 5.11 Å². The molecular weight excluding hydrogens is 260 g/mol. The first-order valence-electron chi connectivity index (χ1n) is 6.00. The van der Waals surface area contributed by atoms with Gasteiger partial charge in [-0.3, -0.25) is 4.79 Å². The molecule has 102 valence electrons. The second-order valence-electron chi connectivity index (χ2n) is 4.10. The van der Waals surface area contributed by atoms with Crippen molar-refractivity contribution >= 4 is 28.9 Å². The maximum Gasteiger partial charge on any atom is 0.225 e. The van der Waals surface area contributed by atoms with Crippen molar-refractivity contribution < 1.29 is 9.53 Å². The van der Waals surface area contributed by atoms with Crippen LogP contribution in [-0.4, -0.2) is 17.6 Å². The van der Waals surface area contributed by atoms with E-state index in [0.29, 0.717) is 24.5 Å². The summed E-state index contributed by atoms with van der Waals surface area (Å²) in [5, 5.41) is 5.78. The highest BCUT2D eigenvalue weighted by Gasteiger charge is 2.06. The van der Waals surface area contributed by atoms with E-state index < -0.39 is 0 Å². The van der Waals surface area contributed by atoms with Crippen LogP contribution < -0.4 is 15.4 Å². The predicted octanol–water partition coefficient (Wildman–Crippen LogP) is 2.86. The number of rotatable bonds is 5. The minimum Gasteiger partial charge on any atom is -0.487 e. The van der Waals surface area contributed by atoms with Crippen LogP contribution in [0.2, 0.25) is 0 Å². The van der Waals surface area contributed by atoms with Crippen molar-refractivity contribution in [2.75, 3.05) is 11.9 Å². The standard InChI is InChI=1S/C14H18N2O2S/c1-4-13(17)16-14(19)15-11-7-5-6-8-12(11)18-9-10(2)3/h5-8H,2,4,9H2,1,3H3,(H2,15,16,17,19). The molecule has 1 amide bonds. The third-order valence-electron chi connectivity index (χ3n) is 2.18. The monoisotopic (exact) mass is 278 g/mol. The molecule has 0 saturated carbocycles. The van der Waals surface area contributed by atoms with E-state index >= 15 is 0 Å². The van der Waals surface area contributed by atoms with Crippen molar-refractivity contribution in [3.8, 4) is 5.75 Å². The Kier molecular flexibility index (Phi) is 6.02. The van der Waals surface area contributed by atoms with Crippen molar-refractivity contribution in [3.63, 3.8) is 0 Å². The third kappa shape index (κ3) is 5.52. The van der Waals surface area contributed by atoms with E-state index in [1.807, 2.05) is 31.2 Å². The van der Waals surface area contributed by atoms with Gasteiger partial charge in [0.05, 0.1) is 5.69 Å². The SMILES string of the molecule is C=C(C)COc1ccccc1NC(=S)NC(=O)CC. The van der Waals surface area contributed by atoms with Crippen molar-refractivity contribution in [3.05, 3.63) is 36.4 Å². The minimum absolute atomic E-state index is 0.127. The Morgan fingerprint density at radius 3 is 2.74 bits per heavy atom. The predicted molar refractivity (Wildman–Crippen MR) is 81.4 cm³/mol. The molecule has 19 heavy (non-hydrogen) atoms. The van der Waals surface area contributed by atoms with Crippen LogP contribution in [0.1, 0.15) is 20.3 Å². The first-order chi connectivity index (χ1) is 9.02. The van der Waals surface area contributed by atoms with E-state index in [-0.39, 0.29) is 11.0 Å². The van der Waals surface area contributed by atoms with Gasteiger partial charge in [0.2, 0.25) is 5.91 Å². The number of amides is 1. The molecule has 1 rings (SSSR count). The molecule has 2 N–H and O–H groups in total. The average Bonchev–Trinajstić information content (AvgIpc) is 2.37. The molecule has 1 aromatic rings. The van der Waals surface area contributed by atoms with E-state index in [2.05, 4.69) is 17.2 Å². The van der Waals surface area contributed by atoms with Crippen LogP contribution in [0.25, 0.3) is 0 Å². The van der Waals surface area contributed by atoms with Gasteiger partial charge in [-0.15, -0.1) is 0 Å². The van der Waals surface area contributed by atoms with Crippen molar-refractivity contribution in [2.45, 2.75) is 20.3 Å². The van der Waals surface area contributed by atoms with Crippen LogP contribution in [0.4, 0.5) is 5.69 Å². The molecule has 0 spiro atoms. The number of carbonyl (C=O) groups is 1. The molecule has 1 aromatic carbocycles. The molecular formula is C14H18N2O2S. The normalized spacial score (nSPS) is 9.58. The third-order valence-corrected chi connectivity index (χ3v) is 2.39. The molecule has 0 fully saturated rings. The molecule has 0 saturated heterocycles. The fourth-order valence-corrected chi connectivity index (χ4v) is 1.49. The topological polar surface area (TPSA) is 50.4 Å². The Balaban J connectivity index is 2.69. The van der Waals surface area contributed by atoms with Crippen LogP contribution in [0.3, 0.4) is 0 Å². The molecule has 5 heteroatoms. The van der Waals surface area contributed by atoms with Gasteiger partial charge in [0.1, 0.15) is 12.4 Å². The highest BCUT2D eigenvalue weighted by atomic mass is 32.1. The summed E-state index contributed by atoms with van der Waals surface area (Å²) in [4.78, 5) is 11.2. The molecule has 0 bridgehead atoms. The fraction of sp³-hybridized carbons (Fsp3) is 0.286. The summed E-state index contributed by atoms with van der Waals surface area (Å²) in [5.41, 5.74) is 1.64. The molecule has 0 atom stereocenters. The maximum absolute atomic E-state index is 11.2. The van der Waals surface area contributed by atoms with Crippen molar-refractivity contribution in [1.29, 1.82) is 0 Å². The van der Waals surface area contributed by atoms with Gasteiger partial charge >= 0.3 is 0 Å². The summed E-state index contributed by atoms with van der Waals surface area (Å²) >= 11 is 5.06. The summed E-state index contributed by atoms with van der Waals surface area (Å²) in [6.45, 7) is 7.88. The maximum atomic E-state index is 11.2. The van der Waals surface area contributed by atoms with E-state index in [1.165, 1.54) is 0 Å². The Hall–Kier alpha value is -1.88. The number of anilines is 1. The van der Waals surface area contributed by atoms with Gasteiger partial charge < -0.3 is 15.4 Å². The molecule has 0 aliphatic rings. The van der Waals surface area contributed by atoms with Crippen LogP contribution in [0, 0.1) is 0 Å². The second-order valence-corrected chi connectivity index (χ2v) is 4.51. The molecule has 0 heterocycles. The minimum atomic E-state index is -0.127. The molecule has 0 radical (unpaired) electrons. The zero-order chi connectivity index (χ0) is 14.3. The number of benzene rings is 1. The Morgan fingerprint density at radius 1 is 1.42 bits per heavy atom. The zero-order valence-electron chi connectivity index (χ0n) is 11.2. The number of thiocarbonyl (C=S) groups is 1. The van der Waals surface area contributed by atoms with Crippen molar-refractivity contribution in [2.24, 2.45) is 0 Å². The van der Waals surface area contributed by atoms with Gasteiger partial charge in [0, 0.05) is 6.42 Å². The van der Waals surface area contributed by atoms with Gasteiger partial charge in [0.25, 0.3) is 0 Å². The highest BCUT2D eigenvalue weighted by Crippen LogP contribution is 2.23. The lowest BCUT2D eigenvalue weighted by Crippen LogP contribution is -2.33. The largest absolute Gasteiger partial charge is 0.487 e. The first-order valence-corrected chi connectivity index (χ1v) is 6.40. The van der Waals surface area contributed by atoms with E-state index in [9.17, 15) is 4.79 Å². The lowest BCUT2D eigenvalue weighted by molar-refractivity contribution is -0.119. The average molecular weight is 278 g/mol. The summed E-state index contributed by atoms with van der Waals surface area (Å²) in [6.07, 6.45) is 0.385. The van der Waals surface area contributed by atoms with Crippen molar-refractivity contribution in [1.82, 2.24) is 5.32 Å². The smallest absolute Gasteiger partial charge is 0.225 e. The van der Waals surface area contributed by atoms with E-state index in [4.69, 9.17) is 17.0 Å². The summed E-state index contributed by atoms with van der Waals surface area (Å²) < 4.78 is 5.60. The number of hydrogen-bond donors (Lipinski definition) is 2. The summed E-state index contributed by atoms with van der Waals surface area (Å²) in [5.74, 6) is 0.538. The fourth-order valence-electron chi connectivity index (χ4n) is 1.27. The lowest BCUT2D eigenvalue weighted by atomic mass is 10.3. The quantitative estimate of drug-likeness (QED) is 0.642. The highest BCUT2D eigenvalue weighted by molar-refractivity contribution is 7.80. The Labute approximate surface area is 118 Å². The Morgan fingerprint density at radius 2 is 2.11 bits per heavy atom. The van der Waals surface area contributed by atoms with Gasteiger partial charge in [-0.05, 0) is 36.8 Å². The zero-order valence-corrected chi connectivity index (χ0v) is 12.0. The number of para-hydroxylation sites is 2. The number of nitrogens with one attached hydrogen (secondary N) is 2. The summed E-state index contributed by atoms with van der Waals surface area (Å²) in [6, 6.07) is 7.39. The molecule has 4 nitrogen and oxygen atoms in total. The molecule has 0 aliphatic carbocycles. The second kappa shape index (κ2) is 7.53. The number of ether oxygens (including phenoxy) is 1. The lowest BCUT2D eigenvalue weighted by Gasteiger charge is -2.14. The van der Waals surface area contributed by atoms with Gasteiger partial charge in [-0.25, -0.2) is 0 Å². The van der Waals surface area contributed by atoms with Gasteiger partial charge in [-0.2, -0.15) is 0 Å². The molecule has 0 unspecified atom stereocenters. The van der Waals surface area contributed by atoms with Gasteiger partial charge in [-0.1, -0.05) is 25.6 Å². The van der Waals surface area contributed by atoms with E-state index in [0.717, 1.165) is 5.57 Å². The van der Waals surface area contributed by atoms with E-state index in [1.54, 1.807) is 6.92 Å². The Bertz CT molecular complexity index is 486. The van der Waals surface area contributed by atoms with Crippen LogP contribution in [0.15, 0.2) is 36.4 Å². The number of carbonyl (C=O) groups excluding carboxylic acids is 1. The number of hydrogen-bond acceptors (Lipinski definition) is 3. The molecule has 0 aliphatic heterocycles. The van der Waals surface area contributed by atoms with Crippen LogP contribution in [-0.2, 0) is 4.79 Å². The van der Waals surface area contributed by atoms with Crippen LogP contribution in [0.5, 0.6) is 5.75 Å². The van der Waals surface area contributed by atoms with Crippen LogP contribution >= 0.6 is 12.2 Å². The molecule has 0 aromatic heterocycles.